The first-order chi connectivity index (χ1) is 11.4. The molecule has 0 fully saturated rings. The highest BCUT2D eigenvalue weighted by molar-refractivity contribution is 8.01. The second kappa shape index (κ2) is 6.82. The van der Waals surface area contributed by atoms with Crippen molar-refractivity contribution in [3.8, 4) is 0 Å². The van der Waals surface area contributed by atoms with Crippen LogP contribution >= 0.6 is 34.4 Å². The molecule has 0 saturated carbocycles. The first-order valence-electron chi connectivity index (χ1n) is 7.07. The summed E-state index contributed by atoms with van der Waals surface area (Å²) < 4.78 is 30.4. The van der Waals surface area contributed by atoms with Gasteiger partial charge in [0.05, 0.1) is 15.1 Å². The predicted octanol–water partition coefficient (Wildman–Crippen LogP) is 2.85. The van der Waals surface area contributed by atoms with Crippen molar-refractivity contribution in [1.82, 2.24) is 14.8 Å². The van der Waals surface area contributed by atoms with E-state index in [4.69, 9.17) is 0 Å². The van der Waals surface area contributed by atoms with E-state index < -0.39 is 10.0 Å². The Balaban J connectivity index is 1.94. The number of thiazole rings is 1. The number of hydrogen-bond acceptors (Lipinski definition) is 8. The molecule has 2 heterocycles. The fraction of sp³-hybridized carbons (Fsp3) is 0.308. The molecule has 0 spiro atoms. The number of rotatable bonds is 6. The van der Waals surface area contributed by atoms with Crippen molar-refractivity contribution >= 4 is 59.8 Å². The molecule has 3 aromatic rings. The maximum atomic E-state index is 12.5. The second-order valence-electron chi connectivity index (χ2n) is 4.65. The maximum absolute atomic E-state index is 12.5. The van der Waals surface area contributed by atoms with Crippen LogP contribution in [0.15, 0.2) is 32.2 Å². The lowest BCUT2D eigenvalue weighted by molar-refractivity contribution is 0.601. The van der Waals surface area contributed by atoms with E-state index in [0.29, 0.717) is 15.6 Å². The van der Waals surface area contributed by atoms with Crippen molar-refractivity contribution in [3.63, 3.8) is 0 Å². The molecular weight excluding hydrogens is 388 g/mol. The van der Waals surface area contributed by atoms with Crippen LogP contribution in [0.25, 0.3) is 10.2 Å². The lowest BCUT2D eigenvalue weighted by Crippen LogP contribution is -2.13. The van der Waals surface area contributed by atoms with Crippen LogP contribution in [0.3, 0.4) is 0 Å². The largest absolute Gasteiger partial charge is 0.308 e. The lowest BCUT2D eigenvalue weighted by atomic mass is 10.3. The third kappa shape index (κ3) is 3.34. The molecule has 3 rings (SSSR count). The Morgan fingerprint density at radius 2 is 2.04 bits per heavy atom. The number of thioether (sulfide) groups is 1. The van der Waals surface area contributed by atoms with Crippen LogP contribution in [-0.4, -0.2) is 28.9 Å². The fourth-order valence-electron chi connectivity index (χ4n) is 2.12. The maximum Gasteiger partial charge on any atom is 0.308 e. The summed E-state index contributed by atoms with van der Waals surface area (Å²) in [5.74, 6) is 0.839. The molecule has 0 saturated heterocycles. The number of aromatic nitrogens is 3. The SMILES string of the molecule is CCSc1nnc(NS(=O)(=O)c2ccc3c(c2)sc(=O)n3CC)s1. The molecule has 0 atom stereocenters. The number of fused-ring (bicyclic) bond motifs is 1. The molecule has 0 radical (unpaired) electrons. The highest BCUT2D eigenvalue weighted by Gasteiger charge is 2.19. The number of hydrogen-bond donors (Lipinski definition) is 1. The van der Waals surface area contributed by atoms with E-state index in [9.17, 15) is 13.2 Å². The molecule has 0 aliphatic rings. The Morgan fingerprint density at radius 1 is 1.25 bits per heavy atom. The molecule has 2 aromatic heterocycles. The summed E-state index contributed by atoms with van der Waals surface area (Å²) in [6.45, 7) is 4.41. The quantitative estimate of drug-likeness (QED) is 0.637. The van der Waals surface area contributed by atoms with Gasteiger partial charge < -0.3 is 0 Å². The van der Waals surface area contributed by atoms with Crippen molar-refractivity contribution in [2.24, 2.45) is 0 Å². The van der Waals surface area contributed by atoms with Gasteiger partial charge in [0, 0.05) is 6.54 Å². The standard InChI is InChI=1S/C13H14N4O3S4/c1-3-17-9-6-5-8(7-10(9)22-13(17)18)24(19,20)16-11-14-15-12(23-11)21-4-2/h5-7H,3-4H2,1-2H3,(H,14,16). The average Bonchev–Trinajstić information content (AvgIpc) is 3.09. The summed E-state index contributed by atoms with van der Waals surface area (Å²) in [7, 11) is -3.77. The Labute approximate surface area is 150 Å². The van der Waals surface area contributed by atoms with E-state index in [1.54, 1.807) is 10.6 Å². The number of sulfonamides is 1. The average molecular weight is 403 g/mol. The summed E-state index contributed by atoms with van der Waals surface area (Å²) in [6, 6.07) is 4.66. The van der Waals surface area contributed by atoms with Gasteiger partial charge in [-0.2, -0.15) is 0 Å². The molecule has 0 amide bonds. The van der Waals surface area contributed by atoms with Gasteiger partial charge in [-0.05, 0) is 30.9 Å². The molecule has 1 N–H and O–H groups in total. The van der Waals surface area contributed by atoms with Gasteiger partial charge >= 0.3 is 4.87 Å². The van der Waals surface area contributed by atoms with Gasteiger partial charge in [-0.3, -0.25) is 14.1 Å². The third-order valence-electron chi connectivity index (χ3n) is 3.16. The molecule has 128 valence electrons. The van der Waals surface area contributed by atoms with Gasteiger partial charge in [0.25, 0.3) is 10.0 Å². The van der Waals surface area contributed by atoms with Crippen LogP contribution in [0.1, 0.15) is 13.8 Å². The summed E-state index contributed by atoms with van der Waals surface area (Å²) in [4.78, 5) is 11.9. The van der Waals surface area contributed by atoms with Crippen LogP contribution in [0.4, 0.5) is 5.13 Å². The molecular formula is C13H14N4O3S4. The van der Waals surface area contributed by atoms with Crippen LogP contribution in [0, 0.1) is 0 Å². The minimum absolute atomic E-state index is 0.0967. The number of nitrogens with one attached hydrogen (secondary N) is 1. The van der Waals surface area contributed by atoms with Crippen molar-refractivity contribution in [3.05, 3.63) is 27.9 Å². The van der Waals surface area contributed by atoms with Crippen LogP contribution in [0.5, 0.6) is 0 Å². The lowest BCUT2D eigenvalue weighted by Gasteiger charge is -2.05. The van der Waals surface area contributed by atoms with E-state index >= 15 is 0 Å². The van der Waals surface area contributed by atoms with Crippen LogP contribution in [0.2, 0.25) is 0 Å². The smallest absolute Gasteiger partial charge is 0.299 e. The van der Waals surface area contributed by atoms with E-state index in [1.807, 2.05) is 13.8 Å². The summed E-state index contributed by atoms with van der Waals surface area (Å²) in [5.41, 5.74) is 0.740. The van der Waals surface area contributed by atoms with Crippen LogP contribution < -0.4 is 9.60 Å². The first kappa shape index (κ1) is 17.4. The van der Waals surface area contributed by atoms with Gasteiger partial charge in [0.1, 0.15) is 0 Å². The number of benzene rings is 1. The molecule has 0 aliphatic carbocycles. The third-order valence-corrected chi connectivity index (χ3v) is 7.42. The Morgan fingerprint density at radius 3 is 2.75 bits per heavy atom. The number of anilines is 1. The topological polar surface area (TPSA) is 94.0 Å². The normalized spacial score (nSPS) is 11.9. The van der Waals surface area contributed by atoms with E-state index in [0.717, 1.165) is 22.6 Å². The van der Waals surface area contributed by atoms with Crippen molar-refractivity contribution in [2.75, 3.05) is 10.5 Å². The Kier molecular flexibility index (Phi) is 4.95. The summed E-state index contributed by atoms with van der Waals surface area (Å²) in [6.07, 6.45) is 0. The van der Waals surface area contributed by atoms with Crippen molar-refractivity contribution < 1.29 is 8.42 Å². The zero-order valence-electron chi connectivity index (χ0n) is 12.8. The predicted molar refractivity (Wildman–Crippen MR) is 98.9 cm³/mol. The zero-order valence-corrected chi connectivity index (χ0v) is 16.1. The van der Waals surface area contributed by atoms with Gasteiger partial charge in [-0.1, -0.05) is 41.4 Å². The Hall–Kier alpha value is -1.43. The number of aryl methyl sites for hydroxylation is 1. The number of nitrogens with zero attached hydrogens (tertiary/aromatic N) is 3. The molecule has 1 aromatic carbocycles. The van der Waals surface area contributed by atoms with Gasteiger partial charge in [0.2, 0.25) is 5.13 Å². The second-order valence-corrected chi connectivity index (χ2v) is 9.82. The monoisotopic (exact) mass is 402 g/mol. The van der Waals surface area contributed by atoms with Crippen molar-refractivity contribution in [2.45, 2.75) is 29.6 Å². The van der Waals surface area contributed by atoms with Crippen molar-refractivity contribution in [1.29, 1.82) is 0 Å². The molecule has 0 aliphatic heterocycles. The molecule has 0 unspecified atom stereocenters. The first-order valence-corrected chi connectivity index (χ1v) is 11.2. The van der Waals surface area contributed by atoms with Crippen LogP contribution in [-0.2, 0) is 16.6 Å². The zero-order chi connectivity index (χ0) is 17.3. The minimum Gasteiger partial charge on any atom is -0.299 e. The molecule has 24 heavy (non-hydrogen) atoms. The summed E-state index contributed by atoms with van der Waals surface area (Å²) in [5, 5.41) is 7.99. The van der Waals surface area contributed by atoms with E-state index in [2.05, 4.69) is 14.9 Å². The Bertz CT molecular complexity index is 1040. The molecule has 7 nitrogen and oxygen atoms in total. The van der Waals surface area contributed by atoms with E-state index in [-0.39, 0.29) is 14.9 Å². The fourth-order valence-corrected chi connectivity index (χ4v) is 6.09. The highest BCUT2D eigenvalue weighted by atomic mass is 32.2. The van der Waals surface area contributed by atoms with Gasteiger partial charge in [-0.25, -0.2) is 8.42 Å². The minimum atomic E-state index is -3.77. The molecule has 0 bridgehead atoms. The molecule has 11 heteroatoms. The summed E-state index contributed by atoms with van der Waals surface area (Å²) >= 11 is 3.73. The van der Waals surface area contributed by atoms with Gasteiger partial charge in [-0.15, -0.1) is 10.2 Å². The highest BCUT2D eigenvalue weighted by Crippen LogP contribution is 2.28. The van der Waals surface area contributed by atoms with Gasteiger partial charge in [0.15, 0.2) is 4.34 Å². The van der Waals surface area contributed by atoms with E-state index in [1.165, 1.54) is 35.2 Å².